The van der Waals surface area contributed by atoms with Crippen molar-refractivity contribution in [3.8, 4) is 0 Å². The molecule has 100 valence electrons. The van der Waals surface area contributed by atoms with Crippen LogP contribution >= 0.6 is 12.2 Å². The number of aromatic nitrogens is 2. The molecular weight excluding hydrogens is 256 g/mol. The van der Waals surface area contributed by atoms with Crippen LogP contribution < -0.4 is 10.6 Å². The van der Waals surface area contributed by atoms with Gasteiger partial charge in [0.1, 0.15) is 0 Å². The Kier molecular flexibility index (Phi) is 4.52. The first-order valence-electron chi connectivity index (χ1n) is 6.32. The summed E-state index contributed by atoms with van der Waals surface area (Å²) in [4.78, 5) is 0. The zero-order valence-corrected chi connectivity index (χ0v) is 12.0. The molecule has 1 heterocycles. The maximum atomic E-state index is 5.26. The quantitative estimate of drug-likeness (QED) is 0.841. The molecule has 2 N–H and O–H groups in total. The summed E-state index contributed by atoms with van der Waals surface area (Å²) in [5.41, 5.74) is 3.19. The molecule has 0 aliphatic carbocycles. The number of para-hydroxylation sites is 1. The largest absolute Gasteiger partial charge is 0.358 e. The monoisotopic (exact) mass is 274 g/mol. The fourth-order valence-electron chi connectivity index (χ4n) is 1.77. The standard InChI is InChI=1S/C14H18N4S/c1-3-18-10-12(11(2)17-18)9-15-14(19)16-13-7-5-4-6-8-13/h4-8,10H,3,9H2,1-2H3,(H2,15,16,19). The van der Waals surface area contributed by atoms with Gasteiger partial charge in [0.05, 0.1) is 5.69 Å². The second kappa shape index (κ2) is 6.33. The summed E-state index contributed by atoms with van der Waals surface area (Å²) in [6.45, 7) is 5.65. The van der Waals surface area contributed by atoms with E-state index in [0.717, 1.165) is 17.9 Å². The lowest BCUT2D eigenvalue weighted by molar-refractivity contribution is 0.653. The molecule has 0 amide bonds. The van der Waals surface area contributed by atoms with Crippen LogP contribution in [0, 0.1) is 6.92 Å². The summed E-state index contributed by atoms with van der Waals surface area (Å²) in [5.74, 6) is 0. The lowest BCUT2D eigenvalue weighted by Gasteiger charge is -2.09. The molecule has 0 saturated heterocycles. The molecule has 0 bridgehead atoms. The third-order valence-corrected chi connectivity index (χ3v) is 3.09. The van der Waals surface area contributed by atoms with E-state index in [1.807, 2.05) is 48.1 Å². The molecule has 2 aromatic rings. The molecule has 1 aromatic heterocycles. The number of thiocarbonyl (C=S) groups is 1. The normalized spacial score (nSPS) is 10.2. The zero-order valence-electron chi connectivity index (χ0n) is 11.2. The fourth-order valence-corrected chi connectivity index (χ4v) is 1.96. The highest BCUT2D eigenvalue weighted by Crippen LogP contribution is 2.07. The molecule has 1 aromatic carbocycles. The number of nitrogens with zero attached hydrogens (tertiary/aromatic N) is 2. The van der Waals surface area contributed by atoms with E-state index in [1.165, 1.54) is 5.56 Å². The van der Waals surface area contributed by atoms with E-state index in [1.54, 1.807) is 0 Å². The summed E-state index contributed by atoms with van der Waals surface area (Å²) in [7, 11) is 0. The molecule has 0 spiro atoms. The fraction of sp³-hybridized carbons (Fsp3) is 0.286. The van der Waals surface area contributed by atoms with Gasteiger partial charge in [-0.2, -0.15) is 5.10 Å². The Morgan fingerprint density at radius 2 is 2.05 bits per heavy atom. The van der Waals surface area contributed by atoms with E-state index in [-0.39, 0.29) is 0 Å². The number of rotatable bonds is 4. The van der Waals surface area contributed by atoms with Crippen molar-refractivity contribution in [1.82, 2.24) is 15.1 Å². The van der Waals surface area contributed by atoms with Gasteiger partial charge < -0.3 is 10.6 Å². The Bertz CT molecular complexity index is 548. The van der Waals surface area contributed by atoms with Crippen LogP contribution in [-0.4, -0.2) is 14.9 Å². The SMILES string of the molecule is CCn1cc(CNC(=S)Nc2ccccc2)c(C)n1. The van der Waals surface area contributed by atoms with Gasteiger partial charge in [-0.15, -0.1) is 0 Å². The first-order chi connectivity index (χ1) is 9.19. The first-order valence-corrected chi connectivity index (χ1v) is 6.72. The zero-order chi connectivity index (χ0) is 13.7. The molecule has 0 radical (unpaired) electrons. The third-order valence-electron chi connectivity index (χ3n) is 2.84. The minimum atomic E-state index is 0.620. The Labute approximate surface area is 118 Å². The van der Waals surface area contributed by atoms with Crippen molar-refractivity contribution in [3.05, 3.63) is 47.8 Å². The molecular formula is C14H18N4S. The number of aryl methyl sites for hydroxylation is 2. The summed E-state index contributed by atoms with van der Waals surface area (Å²) < 4.78 is 1.93. The van der Waals surface area contributed by atoms with Crippen LogP contribution in [-0.2, 0) is 13.1 Å². The molecule has 2 rings (SSSR count). The summed E-state index contributed by atoms with van der Waals surface area (Å²) in [6.07, 6.45) is 2.05. The number of anilines is 1. The van der Waals surface area contributed by atoms with Crippen LogP contribution in [0.3, 0.4) is 0 Å². The van der Waals surface area contributed by atoms with E-state index in [0.29, 0.717) is 11.7 Å². The van der Waals surface area contributed by atoms with Gasteiger partial charge in [-0.05, 0) is 38.2 Å². The van der Waals surface area contributed by atoms with Crippen LogP contribution in [0.2, 0.25) is 0 Å². The minimum absolute atomic E-state index is 0.620. The Morgan fingerprint density at radius 3 is 2.68 bits per heavy atom. The van der Waals surface area contributed by atoms with Crippen molar-refractivity contribution in [3.63, 3.8) is 0 Å². The van der Waals surface area contributed by atoms with Gasteiger partial charge in [0.15, 0.2) is 5.11 Å². The second-order valence-corrected chi connectivity index (χ2v) is 4.68. The van der Waals surface area contributed by atoms with Gasteiger partial charge in [0.25, 0.3) is 0 Å². The topological polar surface area (TPSA) is 41.9 Å². The van der Waals surface area contributed by atoms with E-state index >= 15 is 0 Å². The lowest BCUT2D eigenvalue weighted by atomic mass is 10.3. The predicted octanol–water partition coefficient (Wildman–Crippen LogP) is 2.70. The van der Waals surface area contributed by atoms with Gasteiger partial charge >= 0.3 is 0 Å². The highest BCUT2D eigenvalue weighted by molar-refractivity contribution is 7.80. The molecule has 0 fully saturated rings. The number of benzene rings is 1. The van der Waals surface area contributed by atoms with Crippen LogP contribution in [0.1, 0.15) is 18.2 Å². The lowest BCUT2D eigenvalue weighted by Crippen LogP contribution is -2.27. The summed E-state index contributed by atoms with van der Waals surface area (Å²) in [5, 5.41) is 11.4. The van der Waals surface area contributed by atoms with Gasteiger partial charge in [-0.25, -0.2) is 0 Å². The highest BCUT2D eigenvalue weighted by atomic mass is 32.1. The predicted molar refractivity (Wildman–Crippen MR) is 82.1 cm³/mol. The third kappa shape index (κ3) is 3.79. The second-order valence-electron chi connectivity index (χ2n) is 4.27. The number of nitrogens with one attached hydrogen (secondary N) is 2. The molecule has 0 aliphatic heterocycles. The van der Waals surface area contributed by atoms with Gasteiger partial charge in [-0.3, -0.25) is 4.68 Å². The molecule has 0 unspecified atom stereocenters. The van der Waals surface area contributed by atoms with Crippen LogP contribution in [0.25, 0.3) is 0 Å². The minimum Gasteiger partial charge on any atom is -0.358 e. The average Bonchev–Trinajstić information content (AvgIpc) is 2.78. The van der Waals surface area contributed by atoms with Crippen LogP contribution in [0.5, 0.6) is 0 Å². The van der Waals surface area contributed by atoms with Crippen molar-refractivity contribution < 1.29 is 0 Å². The van der Waals surface area contributed by atoms with E-state index in [9.17, 15) is 0 Å². The molecule has 0 aliphatic rings. The first kappa shape index (κ1) is 13.5. The number of hydrogen-bond acceptors (Lipinski definition) is 2. The maximum Gasteiger partial charge on any atom is 0.171 e. The number of hydrogen-bond donors (Lipinski definition) is 2. The van der Waals surface area contributed by atoms with Crippen LogP contribution in [0.4, 0.5) is 5.69 Å². The molecule has 19 heavy (non-hydrogen) atoms. The van der Waals surface area contributed by atoms with Crippen molar-refractivity contribution in [2.24, 2.45) is 0 Å². The highest BCUT2D eigenvalue weighted by Gasteiger charge is 2.04. The van der Waals surface area contributed by atoms with Crippen molar-refractivity contribution in [2.75, 3.05) is 5.32 Å². The Morgan fingerprint density at radius 1 is 1.32 bits per heavy atom. The smallest absolute Gasteiger partial charge is 0.171 e. The molecule has 0 atom stereocenters. The van der Waals surface area contributed by atoms with Gasteiger partial charge in [-0.1, -0.05) is 18.2 Å². The Balaban J connectivity index is 1.88. The van der Waals surface area contributed by atoms with Crippen molar-refractivity contribution in [2.45, 2.75) is 26.9 Å². The van der Waals surface area contributed by atoms with Gasteiger partial charge in [0.2, 0.25) is 0 Å². The van der Waals surface area contributed by atoms with E-state index in [2.05, 4.69) is 22.7 Å². The van der Waals surface area contributed by atoms with E-state index in [4.69, 9.17) is 12.2 Å². The molecule has 5 heteroatoms. The van der Waals surface area contributed by atoms with Crippen molar-refractivity contribution in [1.29, 1.82) is 0 Å². The Hall–Kier alpha value is -1.88. The molecule has 4 nitrogen and oxygen atoms in total. The van der Waals surface area contributed by atoms with E-state index < -0.39 is 0 Å². The summed E-state index contributed by atoms with van der Waals surface area (Å²) >= 11 is 5.26. The molecule has 0 saturated carbocycles. The maximum absolute atomic E-state index is 5.26. The van der Waals surface area contributed by atoms with Crippen LogP contribution in [0.15, 0.2) is 36.5 Å². The van der Waals surface area contributed by atoms with Gasteiger partial charge in [0, 0.05) is 30.5 Å². The van der Waals surface area contributed by atoms with Crippen molar-refractivity contribution >= 4 is 23.0 Å². The summed E-state index contributed by atoms with van der Waals surface area (Å²) in [6, 6.07) is 9.88. The average molecular weight is 274 g/mol.